The molecule has 16 bridgehead atoms. The van der Waals surface area contributed by atoms with Crippen molar-refractivity contribution in [3.8, 4) is 101 Å². The third-order valence-electron chi connectivity index (χ3n) is 19.3. The Kier molecular flexibility index (Phi) is 21.4. The molecule has 110 heavy (non-hydrogen) atoms. The number of aryl methyl sites for hydroxylation is 2. The lowest BCUT2D eigenvalue weighted by Gasteiger charge is -2.10. The van der Waals surface area contributed by atoms with Gasteiger partial charge in [-0.3, -0.25) is 0 Å². The summed E-state index contributed by atoms with van der Waals surface area (Å²) in [5.41, 5.74) is 23.8. The molecule has 14 nitrogen and oxygen atoms in total. The summed E-state index contributed by atoms with van der Waals surface area (Å²) in [4.78, 5) is 30.3. The van der Waals surface area contributed by atoms with Crippen molar-refractivity contribution in [2.45, 2.75) is 12.8 Å². The quantitative estimate of drug-likeness (QED) is 0.0396. The van der Waals surface area contributed by atoms with Crippen molar-refractivity contribution in [1.82, 2.24) is 39.0 Å². The fourth-order valence-electron chi connectivity index (χ4n) is 14.1. The molecule has 0 saturated heterocycles. The van der Waals surface area contributed by atoms with E-state index in [9.17, 15) is 0 Å². The summed E-state index contributed by atoms with van der Waals surface area (Å²) in [5.74, 6) is 4.34. The van der Waals surface area contributed by atoms with Crippen LogP contribution in [-0.2, 0) is 14.1 Å². The Bertz CT molecular complexity index is 5970. The van der Waals surface area contributed by atoms with Crippen LogP contribution in [0.1, 0.15) is 58.4 Å². The number of unbranched alkanes of at least 4 members (excludes halogenated alkanes) is 1. The predicted molar refractivity (Wildman–Crippen MR) is 454 cm³/mol. The number of allylic oxidation sites excluding steroid dienone is 1. The van der Waals surface area contributed by atoms with E-state index in [0.717, 1.165) is 187 Å². The number of rotatable bonds is 26. The first-order chi connectivity index (χ1) is 54.1. The van der Waals surface area contributed by atoms with E-state index in [0.29, 0.717) is 56.9 Å². The third-order valence-corrected chi connectivity index (χ3v) is 19.3. The number of nitrogens with zero attached hydrogens (tertiary/aromatic N) is 6. The van der Waals surface area contributed by atoms with Crippen molar-refractivity contribution >= 4 is 92.7 Å². The van der Waals surface area contributed by atoms with Gasteiger partial charge in [0.25, 0.3) is 0 Å². The van der Waals surface area contributed by atoms with Gasteiger partial charge in [-0.25, -0.2) is 19.9 Å². The highest BCUT2D eigenvalue weighted by Crippen LogP contribution is 2.42. The number of fused-ring (bicyclic) bond motifs is 18. The van der Waals surface area contributed by atoms with E-state index in [1.165, 1.54) is 0 Å². The molecule has 5 aromatic heterocycles. The minimum absolute atomic E-state index is 0.363. The van der Waals surface area contributed by atoms with E-state index in [1.54, 1.807) is 30.4 Å². The Balaban J connectivity index is 1.05. The zero-order valence-electron chi connectivity index (χ0n) is 61.6. The summed E-state index contributed by atoms with van der Waals surface area (Å²) in [6.45, 7) is 25.8. The summed E-state index contributed by atoms with van der Waals surface area (Å²) in [6.07, 6.45) is 29.1. The van der Waals surface area contributed by atoms with Gasteiger partial charge in [-0.05, 0) is 216 Å². The van der Waals surface area contributed by atoms with Gasteiger partial charge in [-0.1, -0.05) is 142 Å². The molecule has 542 valence electrons. The van der Waals surface area contributed by atoms with E-state index in [-0.39, 0.29) is 0 Å². The molecule has 15 rings (SSSR count). The normalized spacial score (nSPS) is 11.7. The molecular weight excluding hydrogens is 1360 g/mol. The number of aromatic nitrogens is 8. The third kappa shape index (κ3) is 15.1. The van der Waals surface area contributed by atoms with Gasteiger partial charge in [0.2, 0.25) is 0 Å². The lowest BCUT2D eigenvalue weighted by atomic mass is 10.0. The molecule has 11 aromatic rings. The molecule has 9 heterocycles. The summed E-state index contributed by atoms with van der Waals surface area (Å²) in [7, 11) is 4.23. The van der Waals surface area contributed by atoms with E-state index in [1.807, 2.05) is 78.9 Å². The molecule has 0 aliphatic carbocycles. The Labute approximate surface area is 640 Å². The lowest BCUT2D eigenvalue weighted by molar-refractivity contribution is 0.312. The minimum atomic E-state index is 0.363. The van der Waals surface area contributed by atoms with Crippen molar-refractivity contribution in [1.29, 1.82) is 0 Å². The van der Waals surface area contributed by atoms with Crippen LogP contribution in [0.5, 0.6) is 34.5 Å². The van der Waals surface area contributed by atoms with Crippen LogP contribution in [0.15, 0.2) is 270 Å². The largest absolute Gasteiger partial charge is 0.494 e. The standard InChI is InChI=1S/C96H82N8O6/c1-9-15-16-62-110-74-35-23-66(24-36-74)94-82-48-46-80(100-82)92(64-19-31-70(32-20-64)106-58-11-3)78-44-42-76(98-78)75-41-43-77(97-75)91(63-17-29-69(30-18-63)105-57-10-2)79-45-47-81(99-79)93(65-21-33-71(34-22-65)107-59-12-4)83-49-51-85(101-83)95(67-25-37-72(38-26-67)108-60-13-5)89-55-53-87(103(89)7)88-54-56-90(104(88)8)96(86-52-50-84(94)102-86)68-27-39-73(40-28-68)109-61-14-6/h9-14,17-56,97-98H,1-6,15-16,57-62H2,7-8H3. The van der Waals surface area contributed by atoms with E-state index >= 15 is 0 Å². The Morgan fingerprint density at radius 2 is 0.500 bits per heavy atom. The molecule has 0 spiro atoms. The SMILES string of the molecule is C=CCCCOc1ccc(-c2c3nc(c(-c4ccc(OCC=C)cc4)c4ccc([nH]4)c4ccc([nH]4)c(-c4ccc(OCC=C)cc4)c4nc(c(-c5ccc(OCC=C)cc5)c5nc(c(-c6ccc(OCC=C)cc6)c6ccc(c7ccc(c(-c8ccc(OCC=C)cc8)c8nc2C=C8)n7C)n6C)C=C5)C=C4)C=C3)cc1. The smallest absolute Gasteiger partial charge is 0.119 e. The summed E-state index contributed by atoms with van der Waals surface area (Å²) < 4.78 is 41.0. The number of benzene rings is 6. The molecule has 0 fully saturated rings. The first kappa shape index (κ1) is 71.6. The van der Waals surface area contributed by atoms with E-state index in [2.05, 4.69) is 243 Å². The van der Waals surface area contributed by atoms with Crippen LogP contribution in [0.25, 0.3) is 160 Å². The summed E-state index contributed by atoms with van der Waals surface area (Å²) in [5, 5.41) is 0. The van der Waals surface area contributed by atoms with E-state index in [4.69, 9.17) is 48.4 Å². The van der Waals surface area contributed by atoms with Crippen LogP contribution in [0, 0.1) is 0 Å². The number of hydrogen-bond donors (Lipinski definition) is 2. The monoisotopic (exact) mass is 1440 g/mol. The van der Waals surface area contributed by atoms with Crippen LogP contribution in [0.4, 0.5) is 0 Å². The Morgan fingerprint density at radius 1 is 0.264 bits per heavy atom. The van der Waals surface area contributed by atoms with Crippen molar-refractivity contribution in [2.75, 3.05) is 39.6 Å². The molecule has 0 unspecified atom stereocenters. The molecule has 14 heteroatoms. The van der Waals surface area contributed by atoms with Gasteiger partial charge in [0.15, 0.2) is 0 Å². The van der Waals surface area contributed by atoms with Crippen LogP contribution < -0.4 is 28.4 Å². The highest BCUT2D eigenvalue weighted by molar-refractivity contribution is 6.01. The van der Waals surface area contributed by atoms with Gasteiger partial charge >= 0.3 is 0 Å². The van der Waals surface area contributed by atoms with Gasteiger partial charge in [-0.15, -0.1) is 6.58 Å². The topological polar surface area (TPSA) is 148 Å². The molecular formula is C96H82N8O6. The first-order valence-corrected chi connectivity index (χ1v) is 36.6. The van der Waals surface area contributed by atoms with Gasteiger partial charge in [-0.2, -0.15) is 0 Å². The minimum Gasteiger partial charge on any atom is -0.494 e. The van der Waals surface area contributed by atoms with Crippen LogP contribution >= 0.6 is 0 Å². The molecule has 6 aromatic carbocycles. The van der Waals surface area contributed by atoms with Crippen molar-refractivity contribution in [3.05, 3.63) is 316 Å². The molecule has 4 aliphatic heterocycles. The number of hydrogen-bond acceptors (Lipinski definition) is 10. The Morgan fingerprint density at radius 3 is 0.782 bits per heavy atom. The number of H-pyrrole nitrogens is 2. The molecule has 0 saturated carbocycles. The molecule has 2 N–H and O–H groups in total. The van der Waals surface area contributed by atoms with Crippen LogP contribution in [0.3, 0.4) is 0 Å². The molecule has 4 aliphatic rings. The average molecular weight is 1440 g/mol. The highest BCUT2D eigenvalue weighted by Gasteiger charge is 2.24. The summed E-state index contributed by atoms with van der Waals surface area (Å²) in [6, 6.07) is 66.0. The summed E-state index contributed by atoms with van der Waals surface area (Å²) >= 11 is 0. The highest BCUT2D eigenvalue weighted by atomic mass is 16.5. The first-order valence-electron chi connectivity index (χ1n) is 36.6. The zero-order valence-corrected chi connectivity index (χ0v) is 61.6. The van der Waals surface area contributed by atoms with Crippen molar-refractivity contribution in [2.24, 2.45) is 14.1 Å². The van der Waals surface area contributed by atoms with Gasteiger partial charge in [0, 0.05) is 58.5 Å². The second-order valence-electron chi connectivity index (χ2n) is 26.4. The van der Waals surface area contributed by atoms with Crippen LogP contribution in [-0.4, -0.2) is 78.7 Å². The van der Waals surface area contributed by atoms with Gasteiger partial charge in [0.05, 0.1) is 85.3 Å². The molecule has 0 atom stereocenters. The number of aromatic amines is 2. The van der Waals surface area contributed by atoms with Crippen LogP contribution in [0.2, 0.25) is 0 Å². The number of nitrogens with one attached hydrogen (secondary N) is 2. The maximum atomic E-state index is 6.27. The van der Waals surface area contributed by atoms with Gasteiger partial charge in [0.1, 0.15) is 67.5 Å². The Hall–Kier alpha value is -14.0. The van der Waals surface area contributed by atoms with E-state index < -0.39 is 0 Å². The predicted octanol–water partition coefficient (Wildman–Crippen LogP) is 22.9. The second kappa shape index (κ2) is 32.8. The van der Waals surface area contributed by atoms with Crippen molar-refractivity contribution < 1.29 is 28.4 Å². The zero-order chi connectivity index (χ0) is 75.5. The fourth-order valence-corrected chi connectivity index (χ4v) is 14.1. The molecule has 0 amide bonds. The maximum Gasteiger partial charge on any atom is 0.119 e. The average Bonchev–Trinajstić information content (AvgIpc) is 1.63. The fraction of sp³-hybridized carbons (Fsp3) is 0.104. The van der Waals surface area contributed by atoms with Gasteiger partial charge < -0.3 is 47.5 Å². The lowest BCUT2D eigenvalue weighted by Crippen LogP contribution is -1.97. The van der Waals surface area contributed by atoms with Crippen molar-refractivity contribution in [3.63, 3.8) is 0 Å². The maximum absolute atomic E-state index is 6.27. The second-order valence-corrected chi connectivity index (χ2v) is 26.4. The molecule has 0 radical (unpaired) electrons. The number of ether oxygens (including phenoxy) is 6.